The Kier molecular flexibility index (Phi) is 8.79. The summed E-state index contributed by atoms with van der Waals surface area (Å²) in [6.07, 6.45) is 5.78. The smallest absolute Gasteiger partial charge is 0.331 e. The van der Waals surface area contributed by atoms with Crippen LogP contribution < -0.4 is 0 Å². The summed E-state index contributed by atoms with van der Waals surface area (Å²) in [6.45, 7) is 11.1. The number of ether oxygens (including phenoxy) is 2. The van der Waals surface area contributed by atoms with Crippen LogP contribution in [0.5, 0.6) is 0 Å². The van der Waals surface area contributed by atoms with Crippen LogP contribution in [-0.4, -0.2) is 67.5 Å². The van der Waals surface area contributed by atoms with Gasteiger partial charge >= 0.3 is 11.9 Å². The Morgan fingerprint density at radius 3 is 2.36 bits per heavy atom. The third kappa shape index (κ3) is 5.22. The van der Waals surface area contributed by atoms with E-state index in [1.54, 1.807) is 19.9 Å². The highest BCUT2D eigenvalue weighted by atomic mass is 16.6. The molecule has 0 unspecified atom stereocenters. The molecule has 5 rings (SSSR count). The minimum Gasteiger partial charge on any atom is -0.458 e. The number of benzene rings is 1. The lowest BCUT2D eigenvalue weighted by Crippen LogP contribution is -2.78. The van der Waals surface area contributed by atoms with Gasteiger partial charge in [0.2, 0.25) is 0 Å². The number of hydrogen-bond donors (Lipinski definition) is 4. The molecule has 0 amide bonds. The van der Waals surface area contributed by atoms with Gasteiger partial charge in [-0.3, -0.25) is 0 Å². The van der Waals surface area contributed by atoms with E-state index >= 15 is 0 Å². The van der Waals surface area contributed by atoms with E-state index in [1.165, 1.54) is 12.2 Å². The molecule has 3 saturated carbocycles. The third-order valence-corrected chi connectivity index (χ3v) is 12.3. The van der Waals surface area contributed by atoms with Crippen molar-refractivity contribution in [2.24, 2.45) is 22.7 Å². The first-order valence-corrected chi connectivity index (χ1v) is 16.4. The number of hydrogen-bond acceptors (Lipinski definition) is 8. The van der Waals surface area contributed by atoms with Crippen LogP contribution in [0.4, 0.5) is 0 Å². The Morgan fingerprint density at radius 1 is 1.00 bits per heavy atom. The second-order valence-electron chi connectivity index (χ2n) is 14.7. The van der Waals surface area contributed by atoms with Gasteiger partial charge in [-0.1, -0.05) is 75.2 Å². The maximum atomic E-state index is 13.4. The molecule has 0 aromatic heterocycles. The van der Waals surface area contributed by atoms with E-state index in [2.05, 4.69) is 6.92 Å². The number of carbonyl (C=O) groups excluding carboxylic acids is 2. The first-order valence-electron chi connectivity index (χ1n) is 16.4. The molecule has 0 bridgehead atoms. The molecule has 246 valence electrons. The molecule has 0 heterocycles. The van der Waals surface area contributed by atoms with Crippen molar-refractivity contribution in [1.29, 1.82) is 0 Å². The van der Waals surface area contributed by atoms with E-state index in [1.807, 2.05) is 57.2 Å². The third-order valence-electron chi connectivity index (χ3n) is 12.3. The summed E-state index contributed by atoms with van der Waals surface area (Å²) in [6, 6.07) is 9.33. The molecule has 4 aliphatic carbocycles. The zero-order chi connectivity index (χ0) is 33.0. The zero-order valence-corrected chi connectivity index (χ0v) is 27.5. The second kappa shape index (κ2) is 11.8. The summed E-state index contributed by atoms with van der Waals surface area (Å²) in [4.78, 5) is 26.4. The van der Waals surface area contributed by atoms with Crippen LogP contribution in [0, 0.1) is 22.7 Å². The van der Waals surface area contributed by atoms with E-state index in [9.17, 15) is 30.0 Å². The minimum atomic E-state index is -1.89. The highest BCUT2D eigenvalue weighted by molar-refractivity contribution is 5.87. The Labute approximate surface area is 266 Å². The SMILES string of the molecule is CC(=CC(=O)O[C@@H](C)[C@@]1(O)CC[C@]2(O)[C@]1(C)[C@H](OC(=O)C=Cc1ccccc1)C[C@H]1[C@@]3(C)CC[C@H](O)CC3=CC[C@]12O)C(C)C. The molecule has 0 aliphatic heterocycles. The van der Waals surface area contributed by atoms with Crippen LogP contribution in [0.1, 0.15) is 92.1 Å². The van der Waals surface area contributed by atoms with Gasteiger partial charge in [0.05, 0.1) is 11.5 Å². The van der Waals surface area contributed by atoms with E-state index in [0.717, 1.165) is 16.7 Å². The lowest BCUT2D eigenvalue weighted by atomic mass is 9.42. The van der Waals surface area contributed by atoms with Gasteiger partial charge < -0.3 is 29.9 Å². The topological polar surface area (TPSA) is 134 Å². The van der Waals surface area contributed by atoms with Crippen LogP contribution in [-0.2, 0) is 19.1 Å². The normalized spacial score (nSPS) is 40.3. The number of esters is 2. The molecule has 0 radical (unpaired) electrons. The second-order valence-corrected chi connectivity index (χ2v) is 14.7. The molecule has 0 saturated heterocycles. The minimum absolute atomic E-state index is 0.0194. The maximum absolute atomic E-state index is 13.4. The Morgan fingerprint density at radius 2 is 1.69 bits per heavy atom. The standard InChI is InChI=1S/C37H50O8/c1-23(2)24(3)20-32(40)44-25(4)35(41)18-19-37(43)34(35,6)30(45-31(39)13-12-26-10-8-7-9-11-26)22-29-33(5)16-15-28(38)21-27(33)14-17-36(29,37)42/h7-14,20,23,25,28-30,38,41-43H,15-19,21-22H2,1-6H3/t25-,28-,29-,30+,33-,34+,35-,36-,37-/m0/s1. The summed E-state index contributed by atoms with van der Waals surface area (Å²) in [7, 11) is 0. The average molecular weight is 623 g/mol. The lowest BCUT2D eigenvalue weighted by molar-refractivity contribution is -0.326. The molecule has 1 aromatic rings. The fourth-order valence-corrected chi connectivity index (χ4v) is 9.06. The molecule has 3 fully saturated rings. The number of carbonyl (C=O) groups is 2. The molecular weight excluding hydrogens is 572 g/mol. The summed E-state index contributed by atoms with van der Waals surface area (Å²) in [5.74, 6) is -1.62. The van der Waals surface area contributed by atoms with Crippen molar-refractivity contribution in [1.82, 2.24) is 0 Å². The van der Waals surface area contributed by atoms with Crippen LogP contribution in [0.15, 0.2) is 59.7 Å². The van der Waals surface area contributed by atoms with Gasteiger partial charge in [-0.05, 0) is 81.8 Å². The summed E-state index contributed by atoms with van der Waals surface area (Å²) in [5.41, 5.74) is -4.85. The molecule has 1 aromatic carbocycles. The molecule has 45 heavy (non-hydrogen) atoms. The Bertz CT molecular complexity index is 1400. The van der Waals surface area contributed by atoms with Crippen molar-refractivity contribution < 1.29 is 39.5 Å². The van der Waals surface area contributed by atoms with Gasteiger partial charge in [0.15, 0.2) is 0 Å². The summed E-state index contributed by atoms with van der Waals surface area (Å²) in [5, 5.41) is 48.6. The van der Waals surface area contributed by atoms with E-state index in [0.29, 0.717) is 19.3 Å². The largest absolute Gasteiger partial charge is 0.458 e. The van der Waals surface area contributed by atoms with Crippen LogP contribution in [0.3, 0.4) is 0 Å². The zero-order valence-electron chi connectivity index (χ0n) is 27.5. The molecular formula is C37H50O8. The number of fused-ring (bicyclic) bond motifs is 5. The molecule has 8 nitrogen and oxygen atoms in total. The first-order chi connectivity index (χ1) is 21.0. The van der Waals surface area contributed by atoms with Gasteiger partial charge in [-0.2, -0.15) is 0 Å². The number of rotatable bonds is 7. The van der Waals surface area contributed by atoms with Crippen molar-refractivity contribution in [3.05, 3.63) is 65.3 Å². The molecule has 0 spiro atoms. The summed E-state index contributed by atoms with van der Waals surface area (Å²) < 4.78 is 12.0. The molecule has 9 atom stereocenters. The number of allylic oxidation sites excluding steroid dienone is 1. The molecule has 8 heteroatoms. The highest BCUT2D eigenvalue weighted by Gasteiger charge is 2.81. The Balaban J connectivity index is 1.56. The highest BCUT2D eigenvalue weighted by Crippen LogP contribution is 2.71. The lowest BCUT2D eigenvalue weighted by Gasteiger charge is -2.67. The molecule has 4 aliphatic rings. The monoisotopic (exact) mass is 622 g/mol. The van der Waals surface area contributed by atoms with Gasteiger partial charge in [0.1, 0.15) is 29.0 Å². The summed E-state index contributed by atoms with van der Waals surface area (Å²) >= 11 is 0. The number of aliphatic hydroxyl groups is 4. The average Bonchev–Trinajstić information content (AvgIpc) is 3.22. The van der Waals surface area contributed by atoms with Crippen LogP contribution in [0.2, 0.25) is 0 Å². The van der Waals surface area contributed by atoms with Crippen molar-refractivity contribution in [2.75, 3.05) is 0 Å². The van der Waals surface area contributed by atoms with Gasteiger partial charge in [0, 0.05) is 18.1 Å². The van der Waals surface area contributed by atoms with Crippen LogP contribution in [0.25, 0.3) is 6.08 Å². The van der Waals surface area contributed by atoms with Crippen molar-refractivity contribution >= 4 is 18.0 Å². The van der Waals surface area contributed by atoms with Crippen molar-refractivity contribution in [3.8, 4) is 0 Å². The fraction of sp³-hybridized carbons (Fsp3) is 0.622. The van der Waals surface area contributed by atoms with Crippen molar-refractivity contribution in [3.63, 3.8) is 0 Å². The van der Waals surface area contributed by atoms with E-state index in [-0.39, 0.29) is 31.6 Å². The van der Waals surface area contributed by atoms with E-state index < -0.39 is 63.8 Å². The maximum Gasteiger partial charge on any atom is 0.331 e. The van der Waals surface area contributed by atoms with Gasteiger partial charge in [-0.15, -0.1) is 0 Å². The van der Waals surface area contributed by atoms with Crippen LogP contribution >= 0.6 is 0 Å². The quantitative estimate of drug-likeness (QED) is 0.189. The first kappa shape index (κ1) is 33.6. The van der Waals surface area contributed by atoms with Gasteiger partial charge in [0.25, 0.3) is 0 Å². The van der Waals surface area contributed by atoms with Crippen molar-refractivity contribution in [2.45, 2.75) is 122 Å². The predicted octanol–water partition coefficient (Wildman–Crippen LogP) is 5.04. The number of aliphatic hydroxyl groups excluding tert-OH is 1. The molecule has 4 N–H and O–H groups in total. The van der Waals surface area contributed by atoms with E-state index in [4.69, 9.17) is 9.47 Å². The predicted molar refractivity (Wildman–Crippen MR) is 170 cm³/mol. The van der Waals surface area contributed by atoms with Gasteiger partial charge in [-0.25, -0.2) is 9.59 Å². The fourth-order valence-electron chi connectivity index (χ4n) is 9.06. The Hall–Kier alpha value is -2.78.